The van der Waals surface area contributed by atoms with Crippen LogP contribution in [0.15, 0.2) is 6.07 Å². The quantitative estimate of drug-likeness (QED) is 0.866. The minimum absolute atomic E-state index is 0.445. The predicted molar refractivity (Wildman–Crippen MR) is 73.0 cm³/mol. The van der Waals surface area contributed by atoms with Crippen LogP contribution in [0, 0.1) is 0 Å². The van der Waals surface area contributed by atoms with Gasteiger partial charge in [-0.1, -0.05) is 12.8 Å². The van der Waals surface area contributed by atoms with Crippen molar-refractivity contribution >= 4 is 11.6 Å². The summed E-state index contributed by atoms with van der Waals surface area (Å²) in [6.07, 6.45) is 5.16. The number of hydrogen-bond acceptors (Lipinski definition) is 5. The van der Waals surface area contributed by atoms with Crippen LogP contribution in [0.25, 0.3) is 0 Å². The van der Waals surface area contributed by atoms with Crippen molar-refractivity contribution in [3.05, 3.63) is 11.9 Å². The summed E-state index contributed by atoms with van der Waals surface area (Å²) in [5.41, 5.74) is 0. The molecule has 1 saturated carbocycles. The van der Waals surface area contributed by atoms with Gasteiger partial charge in [0.15, 0.2) is 5.82 Å². The lowest BCUT2D eigenvalue weighted by Crippen LogP contribution is -2.30. The molecule has 0 radical (unpaired) electrons. The van der Waals surface area contributed by atoms with Crippen LogP contribution in [0.3, 0.4) is 0 Å². The zero-order chi connectivity index (χ0) is 13.0. The molecule has 1 aromatic heterocycles. The van der Waals surface area contributed by atoms with Crippen molar-refractivity contribution < 1.29 is 4.74 Å². The van der Waals surface area contributed by atoms with Gasteiger partial charge in [0.05, 0.1) is 0 Å². The first-order chi connectivity index (χ1) is 8.74. The molecule has 0 spiro atoms. The van der Waals surface area contributed by atoms with Gasteiger partial charge in [-0.25, -0.2) is 9.97 Å². The molecule has 0 bridgehead atoms. The van der Waals surface area contributed by atoms with Crippen molar-refractivity contribution in [3.63, 3.8) is 0 Å². The molecule has 0 saturated heterocycles. The average Bonchev–Trinajstić information content (AvgIpc) is 2.91. The fourth-order valence-electron chi connectivity index (χ4n) is 2.46. The second-order valence-corrected chi connectivity index (χ2v) is 4.76. The summed E-state index contributed by atoms with van der Waals surface area (Å²) < 4.78 is 5.12. The van der Waals surface area contributed by atoms with Crippen LogP contribution in [0.1, 0.15) is 31.5 Å². The van der Waals surface area contributed by atoms with Gasteiger partial charge in [-0.05, 0) is 12.8 Å². The largest absolute Gasteiger partial charge is 0.377 e. The molecular weight excluding hydrogens is 228 g/mol. The summed E-state index contributed by atoms with van der Waals surface area (Å²) in [6, 6.07) is 2.61. The summed E-state index contributed by atoms with van der Waals surface area (Å²) in [7, 11) is 5.66. The Bertz CT molecular complexity index is 391. The summed E-state index contributed by atoms with van der Waals surface area (Å²) in [5.74, 6) is 2.55. The molecule has 1 aliphatic carbocycles. The number of rotatable bonds is 5. The molecule has 1 heterocycles. The SMILES string of the molecule is CNc1cc(N(C)C2CCCC2)nc(COC)n1. The topological polar surface area (TPSA) is 50.3 Å². The molecule has 0 unspecified atom stereocenters. The highest BCUT2D eigenvalue weighted by Crippen LogP contribution is 2.26. The Kier molecular flexibility index (Phi) is 4.36. The van der Waals surface area contributed by atoms with Gasteiger partial charge in [-0.15, -0.1) is 0 Å². The summed E-state index contributed by atoms with van der Waals surface area (Å²) in [4.78, 5) is 11.2. The number of methoxy groups -OCH3 is 1. The van der Waals surface area contributed by atoms with E-state index in [1.807, 2.05) is 13.1 Å². The van der Waals surface area contributed by atoms with E-state index in [4.69, 9.17) is 4.74 Å². The van der Waals surface area contributed by atoms with Gasteiger partial charge in [0.25, 0.3) is 0 Å². The molecule has 0 amide bonds. The van der Waals surface area contributed by atoms with Gasteiger partial charge in [0, 0.05) is 33.3 Å². The molecule has 0 aromatic carbocycles. The second-order valence-electron chi connectivity index (χ2n) is 4.76. The fourth-order valence-corrected chi connectivity index (χ4v) is 2.46. The lowest BCUT2D eigenvalue weighted by molar-refractivity contribution is 0.178. The standard InChI is InChI=1S/C13H22N4O/c1-14-11-8-13(16-12(15-11)9-18-3)17(2)10-6-4-5-7-10/h8,10H,4-7,9H2,1-3H3,(H,14,15,16). The molecule has 0 atom stereocenters. The highest BCUT2D eigenvalue weighted by molar-refractivity contribution is 5.49. The first kappa shape index (κ1) is 13.1. The zero-order valence-corrected chi connectivity index (χ0v) is 11.4. The smallest absolute Gasteiger partial charge is 0.158 e. The van der Waals surface area contributed by atoms with Gasteiger partial charge >= 0.3 is 0 Å². The molecule has 0 aliphatic heterocycles. The Morgan fingerprint density at radius 1 is 1.39 bits per heavy atom. The molecule has 5 nitrogen and oxygen atoms in total. The Morgan fingerprint density at radius 3 is 2.72 bits per heavy atom. The van der Waals surface area contributed by atoms with Gasteiger partial charge in [-0.3, -0.25) is 0 Å². The average molecular weight is 250 g/mol. The molecule has 1 N–H and O–H groups in total. The Balaban J connectivity index is 2.21. The minimum atomic E-state index is 0.445. The Hall–Kier alpha value is -1.36. The van der Waals surface area contributed by atoms with E-state index in [9.17, 15) is 0 Å². The third-order valence-corrected chi connectivity index (χ3v) is 3.52. The molecule has 1 aromatic rings. The van der Waals surface area contributed by atoms with Gasteiger partial charge in [0.2, 0.25) is 0 Å². The Morgan fingerprint density at radius 2 is 2.11 bits per heavy atom. The van der Waals surface area contributed by atoms with Gasteiger partial charge in [0.1, 0.15) is 18.2 Å². The first-order valence-corrected chi connectivity index (χ1v) is 6.52. The highest BCUT2D eigenvalue weighted by atomic mass is 16.5. The van der Waals surface area contributed by atoms with E-state index in [2.05, 4.69) is 27.2 Å². The van der Waals surface area contributed by atoms with Crippen molar-refractivity contribution in [3.8, 4) is 0 Å². The number of ether oxygens (including phenoxy) is 1. The predicted octanol–water partition coefficient (Wildman–Crippen LogP) is 2.04. The van der Waals surface area contributed by atoms with Crippen LogP contribution < -0.4 is 10.2 Å². The van der Waals surface area contributed by atoms with Crippen LogP contribution in [0.5, 0.6) is 0 Å². The number of aromatic nitrogens is 2. The Labute approximate surface area is 109 Å². The lowest BCUT2D eigenvalue weighted by Gasteiger charge is -2.26. The number of nitrogens with zero attached hydrogens (tertiary/aromatic N) is 3. The van der Waals surface area contributed by atoms with E-state index in [-0.39, 0.29) is 0 Å². The maximum Gasteiger partial charge on any atom is 0.158 e. The van der Waals surface area contributed by atoms with Crippen molar-refractivity contribution in [2.75, 3.05) is 31.4 Å². The first-order valence-electron chi connectivity index (χ1n) is 6.52. The van der Waals surface area contributed by atoms with E-state index in [0.29, 0.717) is 12.6 Å². The summed E-state index contributed by atoms with van der Waals surface area (Å²) >= 11 is 0. The molecule has 1 aliphatic rings. The van der Waals surface area contributed by atoms with E-state index < -0.39 is 0 Å². The normalized spacial score (nSPS) is 15.9. The van der Waals surface area contributed by atoms with Crippen molar-refractivity contribution in [1.29, 1.82) is 0 Å². The van der Waals surface area contributed by atoms with Crippen LogP contribution in [0.2, 0.25) is 0 Å². The monoisotopic (exact) mass is 250 g/mol. The molecule has 1 fully saturated rings. The van der Waals surface area contributed by atoms with Crippen molar-refractivity contribution in [1.82, 2.24) is 9.97 Å². The maximum absolute atomic E-state index is 5.12. The summed E-state index contributed by atoms with van der Waals surface area (Å²) in [5, 5.41) is 3.08. The highest BCUT2D eigenvalue weighted by Gasteiger charge is 2.21. The van der Waals surface area contributed by atoms with Crippen molar-refractivity contribution in [2.45, 2.75) is 38.3 Å². The van der Waals surface area contributed by atoms with Crippen LogP contribution >= 0.6 is 0 Å². The molecule has 2 rings (SSSR count). The van der Waals surface area contributed by atoms with Crippen molar-refractivity contribution in [2.24, 2.45) is 0 Å². The number of hydrogen-bond donors (Lipinski definition) is 1. The van der Waals surface area contributed by atoms with E-state index in [1.54, 1.807) is 7.11 Å². The van der Waals surface area contributed by atoms with Crippen LogP contribution in [0.4, 0.5) is 11.6 Å². The fraction of sp³-hybridized carbons (Fsp3) is 0.692. The lowest BCUT2D eigenvalue weighted by atomic mass is 10.2. The van der Waals surface area contributed by atoms with Crippen LogP contribution in [-0.4, -0.2) is 37.2 Å². The molecule has 100 valence electrons. The molecule has 5 heteroatoms. The third-order valence-electron chi connectivity index (χ3n) is 3.52. The zero-order valence-electron chi connectivity index (χ0n) is 11.4. The summed E-state index contributed by atoms with van der Waals surface area (Å²) in [6.45, 7) is 0.445. The molecule has 18 heavy (non-hydrogen) atoms. The second kappa shape index (κ2) is 6.00. The minimum Gasteiger partial charge on any atom is -0.377 e. The van der Waals surface area contributed by atoms with Gasteiger partial charge in [-0.2, -0.15) is 0 Å². The number of nitrogens with one attached hydrogen (secondary N) is 1. The number of anilines is 2. The van der Waals surface area contributed by atoms with E-state index >= 15 is 0 Å². The maximum atomic E-state index is 5.12. The van der Waals surface area contributed by atoms with Crippen LogP contribution in [-0.2, 0) is 11.3 Å². The van der Waals surface area contributed by atoms with Gasteiger partial charge < -0.3 is 15.0 Å². The van der Waals surface area contributed by atoms with E-state index in [0.717, 1.165) is 17.5 Å². The molecular formula is C13H22N4O. The van der Waals surface area contributed by atoms with E-state index in [1.165, 1.54) is 25.7 Å². The third kappa shape index (κ3) is 2.90.